The molecule has 6 nitrogen and oxygen atoms in total. The van der Waals surface area contributed by atoms with Gasteiger partial charge in [-0.05, 0) is 52.0 Å². The van der Waals surface area contributed by atoms with Gasteiger partial charge in [0.1, 0.15) is 5.69 Å². The van der Waals surface area contributed by atoms with E-state index in [0.717, 1.165) is 25.1 Å². The molecule has 0 fully saturated rings. The number of pyridine rings is 1. The van der Waals surface area contributed by atoms with Crippen molar-refractivity contribution in [2.45, 2.75) is 32.9 Å². The van der Waals surface area contributed by atoms with Gasteiger partial charge in [0.2, 0.25) is 0 Å². The van der Waals surface area contributed by atoms with E-state index in [4.69, 9.17) is 10.9 Å². The second kappa shape index (κ2) is 8.50. The first kappa shape index (κ1) is 16.4. The first-order valence-electron chi connectivity index (χ1n) is 6.89. The molecular formula is C14H25N5O. The highest BCUT2D eigenvalue weighted by molar-refractivity contribution is 5.96. The normalized spacial score (nSPS) is 12.3. The maximum Gasteiger partial charge on any atom is 0.189 e. The molecule has 0 saturated heterocycles. The molecule has 0 saturated carbocycles. The van der Waals surface area contributed by atoms with Crippen molar-refractivity contribution in [1.29, 1.82) is 0 Å². The third kappa shape index (κ3) is 5.14. The fourth-order valence-electron chi connectivity index (χ4n) is 1.79. The molecule has 0 unspecified atom stereocenters. The Balaban J connectivity index is 2.39. The molecule has 0 aliphatic carbocycles. The number of aromatic nitrogens is 1. The van der Waals surface area contributed by atoms with Gasteiger partial charge in [-0.25, -0.2) is 0 Å². The van der Waals surface area contributed by atoms with Crippen LogP contribution in [0.1, 0.15) is 31.5 Å². The van der Waals surface area contributed by atoms with E-state index in [2.05, 4.69) is 41.3 Å². The maximum absolute atomic E-state index is 8.73. The predicted molar refractivity (Wildman–Crippen MR) is 80.8 cm³/mol. The standard InChI is InChI=1S/C14H25N5O/c1-11(2)19(3)9-5-7-16-10-12-6-4-8-17-13(12)14(15)18-20/h4,6,8,11,16,20H,5,7,9-10H2,1-3H3,(H2,15,18). The summed E-state index contributed by atoms with van der Waals surface area (Å²) < 4.78 is 0. The van der Waals surface area contributed by atoms with Crippen molar-refractivity contribution in [2.75, 3.05) is 20.1 Å². The van der Waals surface area contributed by atoms with Gasteiger partial charge in [-0.15, -0.1) is 0 Å². The third-order valence-corrected chi connectivity index (χ3v) is 3.30. The second-order valence-electron chi connectivity index (χ2n) is 5.10. The van der Waals surface area contributed by atoms with E-state index in [9.17, 15) is 0 Å². The van der Waals surface area contributed by atoms with Crippen LogP contribution in [0.15, 0.2) is 23.5 Å². The Bertz CT molecular complexity index is 433. The summed E-state index contributed by atoms with van der Waals surface area (Å²) in [6.45, 7) is 7.01. The van der Waals surface area contributed by atoms with Crippen LogP contribution in [0.4, 0.5) is 0 Å². The number of nitrogens with one attached hydrogen (secondary N) is 1. The van der Waals surface area contributed by atoms with Gasteiger partial charge in [0.05, 0.1) is 0 Å². The Morgan fingerprint density at radius 2 is 2.30 bits per heavy atom. The molecule has 4 N–H and O–H groups in total. The zero-order chi connectivity index (χ0) is 15.0. The lowest BCUT2D eigenvalue weighted by Crippen LogP contribution is -2.29. The summed E-state index contributed by atoms with van der Waals surface area (Å²) in [5, 5.41) is 15.1. The van der Waals surface area contributed by atoms with E-state index >= 15 is 0 Å². The lowest BCUT2D eigenvalue weighted by Gasteiger charge is -2.20. The molecule has 0 aromatic carbocycles. The van der Waals surface area contributed by atoms with Crippen molar-refractivity contribution in [3.63, 3.8) is 0 Å². The van der Waals surface area contributed by atoms with E-state index in [0.29, 0.717) is 18.3 Å². The van der Waals surface area contributed by atoms with E-state index in [1.165, 1.54) is 0 Å². The number of amidine groups is 1. The van der Waals surface area contributed by atoms with E-state index in [-0.39, 0.29) is 5.84 Å². The number of oxime groups is 1. The third-order valence-electron chi connectivity index (χ3n) is 3.30. The molecule has 1 aromatic rings. The van der Waals surface area contributed by atoms with Gasteiger partial charge in [-0.1, -0.05) is 11.2 Å². The largest absolute Gasteiger partial charge is 0.409 e. The lowest BCUT2D eigenvalue weighted by atomic mass is 10.2. The van der Waals surface area contributed by atoms with E-state index in [1.807, 2.05) is 12.1 Å². The van der Waals surface area contributed by atoms with Crippen molar-refractivity contribution in [3.05, 3.63) is 29.6 Å². The summed E-state index contributed by atoms with van der Waals surface area (Å²) in [5.74, 6) is 0.0435. The molecule has 0 spiro atoms. The van der Waals surface area contributed by atoms with E-state index in [1.54, 1.807) is 6.20 Å². The first-order chi connectivity index (χ1) is 9.56. The average Bonchev–Trinajstić information content (AvgIpc) is 2.46. The van der Waals surface area contributed by atoms with Gasteiger partial charge < -0.3 is 21.2 Å². The molecular weight excluding hydrogens is 254 g/mol. The molecule has 0 bridgehead atoms. The summed E-state index contributed by atoms with van der Waals surface area (Å²) in [6.07, 6.45) is 2.71. The Labute approximate surface area is 120 Å². The summed E-state index contributed by atoms with van der Waals surface area (Å²) in [7, 11) is 2.13. The van der Waals surface area contributed by atoms with Gasteiger partial charge in [0.15, 0.2) is 5.84 Å². The highest BCUT2D eigenvalue weighted by atomic mass is 16.4. The highest BCUT2D eigenvalue weighted by Crippen LogP contribution is 2.04. The van der Waals surface area contributed by atoms with Crippen LogP contribution in [-0.2, 0) is 6.54 Å². The minimum absolute atomic E-state index is 0.0435. The van der Waals surface area contributed by atoms with Gasteiger partial charge in [-0.3, -0.25) is 4.98 Å². The van der Waals surface area contributed by atoms with Crippen LogP contribution in [0.3, 0.4) is 0 Å². The predicted octanol–water partition coefficient (Wildman–Crippen LogP) is 0.996. The van der Waals surface area contributed by atoms with Crippen LogP contribution < -0.4 is 11.1 Å². The van der Waals surface area contributed by atoms with Crippen LogP contribution in [0.2, 0.25) is 0 Å². The Hall–Kier alpha value is -1.66. The van der Waals surface area contributed by atoms with Crippen LogP contribution in [0.25, 0.3) is 0 Å². The summed E-state index contributed by atoms with van der Waals surface area (Å²) >= 11 is 0. The van der Waals surface area contributed by atoms with Gasteiger partial charge in [0, 0.05) is 18.8 Å². The van der Waals surface area contributed by atoms with Crippen molar-refractivity contribution in [1.82, 2.24) is 15.2 Å². The topological polar surface area (TPSA) is 86.8 Å². The summed E-state index contributed by atoms with van der Waals surface area (Å²) in [5.41, 5.74) is 7.06. The van der Waals surface area contributed by atoms with Crippen LogP contribution in [0.5, 0.6) is 0 Å². The summed E-state index contributed by atoms with van der Waals surface area (Å²) in [4.78, 5) is 6.45. The molecule has 0 atom stereocenters. The fraction of sp³-hybridized carbons (Fsp3) is 0.571. The molecule has 0 radical (unpaired) electrons. The number of nitrogens with two attached hydrogens (primary N) is 1. The zero-order valence-electron chi connectivity index (χ0n) is 12.5. The van der Waals surface area contributed by atoms with Crippen molar-refractivity contribution < 1.29 is 5.21 Å². The molecule has 112 valence electrons. The zero-order valence-corrected chi connectivity index (χ0v) is 12.5. The quantitative estimate of drug-likeness (QED) is 0.217. The summed E-state index contributed by atoms with van der Waals surface area (Å²) in [6, 6.07) is 4.34. The monoisotopic (exact) mass is 279 g/mol. The second-order valence-corrected chi connectivity index (χ2v) is 5.10. The maximum atomic E-state index is 8.73. The SMILES string of the molecule is CC(C)N(C)CCCNCc1cccnc1/C(N)=N/O. The molecule has 0 aliphatic rings. The Morgan fingerprint density at radius 1 is 1.55 bits per heavy atom. The molecule has 1 heterocycles. The van der Waals surface area contributed by atoms with Crippen molar-refractivity contribution >= 4 is 5.84 Å². The molecule has 1 rings (SSSR count). The molecule has 0 aliphatic heterocycles. The van der Waals surface area contributed by atoms with Crippen LogP contribution >= 0.6 is 0 Å². The fourth-order valence-corrected chi connectivity index (χ4v) is 1.79. The van der Waals surface area contributed by atoms with Gasteiger partial charge in [-0.2, -0.15) is 0 Å². The Morgan fingerprint density at radius 3 is 2.95 bits per heavy atom. The first-order valence-corrected chi connectivity index (χ1v) is 6.89. The molecule has 1 aromatic heterocycles. The number of hydrogen-bond acceptors (Lipinski definition) is 5. The average molecular weight is 279 g/mol. The molecule has 20 heavy (non-hydrogen) atoms. The smallest absolute Gasteiger partial charge is 0.189 e. The molecule has 6 heteroatoms. The van der Waals surface area contributed by atoms with Crippen molar-refractivity contribution in [3.8, 4) is 0 Å². The van der Waals surface area contributed by atoms with Crippen molar-refractivity contribution in [2.24, 2.45) is 10.9 Å². The number of rotatable bonds is 8. The number of nitrogens with zero attached hydrogens (tertiary/aromatic N) is 3. The Kier molecular flexibility index (Phi) is 6.97. The highest BCUT2D eigenvalue weighted by Gasteiger charge is 2.07. The minimum atomic E-state index is 0.0435. The molecule has 0 amide bonds. The van der Waals surface area contributed by atoms with Crippen LogP contribution in [0, 0.1) is 0 Å². The number of hydrogen-bond donors (Lipinski definition) is 3. The van der Waals surface area contributed by atoms with Crippen LogP contribution in [-0.4, -0.2) is 47.1 Å². The van der Waals surface area contributed by atoms with E-state index < -0.39 is 0 Å². The van der Waals surface area contributed by atoms with Gasteiger partial charge in [0.25, 0.3) is 0 Å². The van der Waals surface area contributed by atoms with Gasteiger partial charge >= 0.3 is 0 Å². The minimum Gasteiger partial charge on any atom is -0.409 e. The lowest BCUT2D eigenvalue weighted by molar-refractivity contribution is 0.269.